The molecule has 5 rings (SSSR count). The zero-order valence-electron chi connectivity index (χ0n) is 16.4. The molecule has 3 aromatic rings. The number of pyridine rings is 2. The van der Waals surface area contributed by atoms with Crippen LogP contribution in [0, 0.1) is 5.92 Å². The van der Waals surface area contributed by atoms with Crippen molar-refractivity contribution in [3.8, 4) is 11.3 Å². The van der Waals surface area contributed by atoms with Crippen molar-refractivity contribution in [2.45, 2.75) is 18.9 Å². The van der Waals surface area contributed by atoms with Gasteiger partial charge in [0, 0.05) is 61.6 Å². The molecular weight excluding hydrogens is 368 g/mol. The van der Waals surface area contributed by atoms with Crippen LogP contribution in [-0.4, -0.2) is 62.9 Å². The molecule has 150 valence electrons. The summed E-state index contributed by atoms with van der Waals surface area (Å²) in [5, 5.41) is 9.12. The average molecular weight is 392 g/mol. The Bertz CT molecular complexity index is 1040. The Morgan fingerprint density at radius 3 is 2.66 bits per heavy atom. The number of carbonyl (C=O) groups excluding carboxylic acids is 1. The van der Waals surface area contributed by atoms with Crippen LogP contribution < -0.4 is 5.32 Å². The van der Waals surface area contributed by atoms with Gasteiger partial charge in [0.1, 0.15) is 5.82 Å². The van der Waals surface area contributed by atoms with E-state index in [-0.39, 0.29) is 11.8 Å². The van der Waals surface area contributed by atoms with Crippen LogP contribution in [-0.2, 0) is 16.6 Å². The lowest BCUT2D eigenvalue weighted by Crippen LogP contribution is -2.52. The molecule has 0 bridgehead atoms. The number of aromatic nitrogens is 4. The molecule has 1 saturated carbocycles. The van der Waals surface area contributed by atoms with E-state index in [1.54, 1.807) is 23.3 Å². The lowest BCUT2D eigenvalue weighted by atomic mass is 9.78. The Kier molecular flexibility index (Phi) is 4.73. The van der Waals surface area contributed by atoms with E-state index in [1.165, 1.54) is 0 Å². The number of fused-ring (bicyclic) bond motifs is 1. The second-order valence-corrected chi connectivity index (χ2v) is 7.85. The van der Waals surface area contributed by atoms with Gasteiger partial charge in [0.2, 0.25) is 5.91 Å². The molecule has 1 aliphatic carbocycles. The predicted molar refractivity (Wildman–Crippen MR) is 109 cm³/mol. The largest absolute Gasteiger partial charge is 0.379 e. The van der Waals surface area contributed by atoms with Crippen molar-refractivity contribution in [3.63, 3.8) is 0 Å². The molecule has 0 aromatic carbocycles. The SMILES string of the molecule is Cn1cc(-c2cc3cc(NC(=O)[C@H]4C[C@H](N5CCOCC5)C4)ncc3cn2)cn1. The number of amides is 1. The number of aryl methyl sites for hydroxylation is 1. The quantitative estimate of drug-likeness (QED) is 0.732. The average Bonchev–Trinajstić information content (AvgIpc) is 3.13. The third-order valence-corrected chi connectivity index (χ3v) is 5.90. The van der Waals surface area contributed by atoms with Gasteiger partial charge in [-0.25, -0.2) is 4.98 Å². The standard InChI is InChI=1S/C21H24N6O2/c1-26-13-17(12-24-26)19-8-14-9-20(23-11-16(14)10-22-19)25-21(28)15-6-18(7-15)27-2-4-29-5-3-27/h8-13,15,18H,2-7H2,1H3,(H,23,25,28)/t15-,18-. The minimum Gasteiger partial charge on any atom is -0.379 e. The maximum absolute atomic E-state index is 12.6. The number of nitrogens with one attached hydrogen (secondary N) is 1. The smallest absolute Gasteiger partial charge is 0.228 e. The van der Waals surface area contributed by atoms with Gasteiger partial charge in [0.25, 0.3) is 0 Å². The first-order valence-corrected chi connectivity index (χ1v) is 10.0. The summed E-state index contributed by atoms with van der Waals surface area (Å²) in [6.07, 6.45) is 9.10. The molecule has 0 unspecified atom stereocenters. The van der Waals surface area contributed by atoms with Crippen LogP contribution in [0.25, 0.3) is 22.0 Å². The second-order valence-electron chi connectivity index (χ2n) is 7.85. The lowest BCUT2D eigenvalue weighted by molar-refractivity contribution is -0.125. The summed E-state index contributed by atoms with van der Waals surface area (Å²) in [5.41, 5.74) is 1.81. The number of morpholine rings is 1. The van der Waals surface area contributed by atoms with Crippen LogP contribution in [0.4, 0.5) is 5.82 Å². The van der Waals surface area contributed by atoms with Gasteiger partial charge in [-0.3, -0.25) is 19.4 Å². The van der Waals surface area contributed by atoms with Crippen molar-refractivity contribution < 1.29 is 9.53 Å². The third kappa shape index (κ3) is 3.73. The molecule has 1 saturated heterocycles. The molecule has 0 radical (unpaired) electrons. The van der Waals surface area contributed by atoms with Crippen LogP contribution in [0.2, 0.25) is 0 Å². The monoisotopic (exact) mass is 392 g/mol. The maximum atomic E-state index is 12.6. The number of rotatable bonds is 4. The molecule has 1 aliphatic heterocycles. The molecule has 2 fully saturated rings. The van der Waals surface area contributed by atoms with Crippen LogP contribution in [0.15, 0.2) is 36.9 Å². The zero-order valence-corrected chi connectivity index (χ0v) is 16.4. The van der Waals surface area contributed by atoms with Gasteiger partial charge in [-0.1, -0.05) is 0 Å². The first-order chi connectivity index (χ1) is 14.2. The Balaban J connectivity index is 1.26. The van der Waals surface area contributed by atoms with E-state index in [1.807, 2.05) is 25.4 Å². The van der Waals surface area contributed by atoms with Crippen LogP contribution >= 0.6 is 0 Å². The first kappa shape index (κ1) is 18.2. The van der Waals surface area contributed by atoms with Crippen LogP contribution in [0.1, 0.15) is 12.8 Å². The Hall–Kier alpha value is -2.84. The molecule has 4 heterocycles. The molecule has 0 spiro atoms. The highest BCUT2D eigenvalue weighted by atomic mass is 16.5. The van der Waals surface area contributed by atoms with Crippen molar-refractivity contribution in [1.29, 1.82) is 0 Å². The highest BCUT2D eigenvalue weighted by molar-refractivity contribution is 5.95. The first-order valence-electron chi connectivity index (χ1n) is 10.0. The minimum atomic E-state index is 0.0582. The fourth-order valence-electron chi connectivity index (χ4n) is 4.09. The number of ether oxygens (including phenoxy) is 1. The van der Waals surface area contributed by atoms with Crippen molar-refractivity contribution in [1.82, 2.24) is 24.6 Å². The van der Waals surface area contributed by atoms with E-state index in [9.17, 15) is 4.79 Å². The summed E-state index contributed by atoms with van der Waals surface area (Å²) in [7, 11) is 1.88. The lowest BCUT2D eigenvalue weighted by Gasteiger charge is -2.43. The summed E-state index contributed by atoms with van der Waals surface area (Å²) >= 11 is 0. The van der Waals surface area contributed by atoms with Crippen molar-refractivity contribution in [3.05, 3.63) is 36.9 Å². The van der Waals surface area contributed by atoms with Gasteiger partial charge >= 0.3 is 0 Å². The highest BCUT2D eigenvalue weighted by Crippen LogP contribution is 2.33. The van der Waals surface area contributed by atoms with Gasteiger partial charge in [-0.05, 0) is 30.4 Å². The molecular formula is C21H24N6O2. The fraction of sp³-hybridized carbons (Fsp3) is 0.429. The number of carbonyl (C=O) groups is 1. The highest BCUT2D eigenvalue weighted by Gasteiger charge is 2.38. The summed E-state index contributed by atoms with van der Waals surface area (Å²) in [6.45, 7) is 3.53. The molecule has 2 aliphatic rings. The number of hydrogen-bond acceptors (Lipinski definition) is 6. The Morgan fingerprint density at radius 2 is 1.90 bits per heavy atom. The molecule has 8 heteroatoms. The normalized spacial score (nSPS) is 22.4. The topological polar surface area (TPSA) is 85.2 Å². The molecule has 29 heavy (non-hydrogen) atoms. The van der Waals surface area contributed by atoms with Crippen LogP contribution in [0.3, 0.4) is 0 Å². The number of anilines is 1. The summed E-state index contributed by atoms with van der Waals surface area (Å²) < 4.78 is 7.16. The second kappa shape index (κ2) is 7.53. The molecule has 1 N–H and O–H groups in total. The van der Waals surface area contributed by atoms with Gasteiger partial charge < -0.3 is 10.1 Å². The summed E-state index contributed by atoms with van der Waals surface area (Å²) in [5.74, 6) is 0.701. The minimum absolute atomic E-state index is 0.0582. The van der Waals surface area contributed by atoms with Gasteiger partial charge in [0.05, 0.1) is 25.1 Å². The molecule has 3 aromatic heterocycles. The predicted octanol–water partition coefficient (Wildman–Crippen LogP) is 2.08. The Labute approximate surface area is 168 Å². The molecule has 1 amide bonds. The Morgan fingerprint density at radius 1 is 1.10 bits per heavy atom. The summed E-state index contributed by atoms with van der Waals surface area (Å²) in [4.78, 5) is 23.9. The van der Waals surface area contributed by atoms with E-state index in [0.29, 0.717) is 11.9 Å². The number of nitrogens with zero attached hydrogens (tertiary/aromatic N) is 5. The van der Waals surface area contributed by atoms with Crippen molar-refractivity contribution in [2.75, 3.05) is 31.6 Å². The molecule has 0 atom stereocenters. The van der Waals surface area contributed by atoms with E-state index in [0.717, 1.165) is 61.2 Å². The van der Waals surface area contributed by atoms with Crippen molar-refractivity contribution in [2.24, 2.45) is 13.0 Å². The molecule has 8 nitrogen and oxygen atoms in total. The van der Waals surface area contributed by atoms with E-state index in [2.05, 4.69) is 25.3 Å². The third-order valence-electron chi connectivity index (χ3n) is 5.90. The van der Waals surface area contributed by atoms with E-state index in [4.69, 9.17) is 4.74 Å². The van der Waals surface area contributed by atoms with Gasteiger partial charge in [-0.15, -0.1) is 0 Å². The zero-order chi connectivity index (χ0) is 19.8. The van der Waals surface area contributed by atoms with Gasteiger partial charge in [-0.2, -0.15) is 5.10 Å². The van der Waals surface area contributed by atoms with Crippen molar-refractivity contribution >= 4 is 22.5 Å². The van der Waals surface area contributed by atoms with E-state index < -0.39 is 0 Å². The fourth-order valence-corrected chi connectivity index (χ4v) is 4.09. The number of hydrogen-bond donors (Lipinski definition) is 1. The van der Waals surface area contributed by atoms with Crippen LogP contribution in [0.5, 0.6) is 0 Å². The van der Waals surface area contributed by atoms with Gasteiger partial charge in [0.15, 0.2) is 0 Å². The van der Waals surface area contributed by atoms with E-state index >= 15 is 0 Å². The summed E-state index contributed by atoms with van der Waals surface area (Å²) in [6, 6.07) is 4.42. The maximum Gasteiger partial charge on any atom is 0.228 e.